The van der Waals surface area contributed by atoms with Gasteiger partial charge in [-0.1, -0.05) is 6.07 Å². The number of hydrogen-bond acceptors (Lipinski definition) is 6. The second-order valence-electron chi connectivity index (χ2n) is 8.29. The maximum Gasteiger partial charge on any atom is 0.416 e. The topological polar surface area (TPSA) is 68.6 Å². The molecule has 1 aliphatic heterocycles. The summed E-state index contributed by atoms with van der Waals surface area (Å²) in [5, 5.41) is 3.21. The third-order valence-corrected chi connectivity index (χ3v) is 5.71. The van der Waals surface area contributed by atoms with Crippen molar-refractivity contribution in [1.82, 2.24) is 14.9 Å². The number of hydrogen-bond donors (Lipinski definition) is 1. The number of nitrogens with one attached hydrogen (secondary N) is 1. The van der Waals surface area contributed by atoms with Crippen molar-refractivity contribution in [2.24, 2.45) is 7.05 Å². The van der Waals surface area contributed by atoms with Gasteiger partial charge >= 0.3 is 11.9 Å². The molecule has 2 heterocycles. The lowest BCUT2D eigenvalue weighted by atomic mass is 10.1. The highest BCUT2D eigenvalue weighted by Gasteiger charge is 2.33. The van der Waals surface area contributed by atoms with Gasteiger partial charge in [0.1, 0.15) is 18.2 Å². The number of rotatable bonds is 6. The molecule has 0 unspecified atom stereocenters. The largest absolute Gasteiger partial charge is 0.473 e. The Morgan fingerprint density at radius 3 is 2.36 bits per heavy atom. The van der Waals surface area contributed by atoms with Gasteiger partial charge in [-0.15, -0.1) is 0 Å². The molecule has 192 valence electrons. The van der Waals surface area contributed by atoms with Crippen LogP contribution in [0.1, 0.15) is 16.7 Å². The van der Waals surface area contributed by atoms with Crippen LogP contribution >= 0.6 is 0 Å². The molecule has 4 rings (SSSR count). The Labute approximate surface area is 203 Å². The SMILES string of the molecule is Cc1ccc(Oc2c(F)cc(COc3cc(N4CCNCC4)n(C)c(=O)n3)cc2F)cc1C(F)(F)F. The molecule has 2 aromatic carbocycles. The van der Waals surface area contributed by atoms with E-state index < -0.39 is 34.8 Å². The molecule has 0 bridgehead atoms. The number of aromatic nitrogens is 2. The zero-order valence-electron chi connectivity index (χ0n) is 19.5. The summed E-state index contributed by atoms with van der Waals surface area (Å²) in [6, 6.07) is 6.49. The number of alkyl halides is 3. The van der Waals surface area contributed by atoms with Crippen LogP contribution < -0.4 is 25.4 Å². The number of nitrogens with zero attached hydrogens (tertiary/aromatic N) is 3. The normalized spacial score (nSPS) is 14.1. The lowest BCUT2D eigenvalue weighted by molar-refractivity contribution is -0.138. The van der Waals surface area contributed by atoms with Crippen molar-refractivity contribution in [1.29, 1.82) is 0 Å². The number of benzene rings is 2. The Bertz CT molecular complexity index is 1300. The molecule has 1 fully saturated rings. The van der Waals surface area contributed by atoms with Crippen molar-refractivity contribution >= 4 is 5.82 Å². The fourth-order valence-electron chi connectivity index (χ4n) is 3.82. The first-order valence-electron chi connectivity index (χ1n) is 11.0. The maximum atomic E-state index is 14.6. The monoisotopic (exact) mass is 510 g/mol. The average Bonchev–Trinajstić information content (AvgIpc) is 2.83. The number of aryl methyl sites for hydroxylation is 1. The summed E-state index contributed by atoms with van der Waals surface area (Å²) in [6.45, 7) is 3.82. The smallest absolute Gasteiger partial charge is 0.416 e. The summed E-state index contributed by atoms with van der Waals surface area (Å²) in [5.74, 6) is -2.86. The number of ether oxygens (including phenoxy) is 2. The summed E-state index contributed by atoms with van der Waals surface area (Å²) < 4.78 is 80.7. The van der Waals surface area contributed by atoms with Crippen LogP contribution in [-0.2, 0) is 19.8 Å². The first kappa shape index (κ1) is 25.4. The molecular weight excluding hydrogens is 487 g/mol. The minimum absolute atomic E-state index is 0.00730. The van der Waals surface area contributed by atoms with Crippen LogP contribution in [0, 0.1) is 18.6 Å². The quantitative estimate of drug-likeness (QED) is 0.503. The molecule has 1 aliphatic rings. The Kier molecular flexibility index (Phi) is 7.16. The van der Waals surface area contributed by atoms with Crippen molar-refractivity contribution in [3.05, 3.63) is 75.2 Å². The highest BCUT2D eigenvalue weighted by Crippen LogP contribution is 2.36. The molecule has 0 amide bonds. The van der Waals surface area contributed by atoms with E-state index in [9.17, 15) is 26.7 Å². The molecule has 7 nitrogen and oxygen atoms in total. The second kappa shape index (κ2) is 10.1. The van der Waals surface area contributed by atoms with Gasteiger partial charge in [-0.3, -0.25) is 4.57 Å². The van der Waals surface area contributed by atoms with Gasteiger partial charge in [-0.05, 0) is 42.3 Å². The molecule has 0 radical (unpaired) electrons. The molecule has 0 saturated carbocycles. The number of halogens is 5. The molecule has 3 aromatic rings. The van der Waals surface area contributed by atoms with Gasteiger partial charge in [0.15, 0.2) is 17.4 Å². The van der Waals surface area contributed by atoms with Crippen LogP contribution in [0.3, 0.4) is 0 Å². The van der Waals surface area contributed by atoms with Crippen molar-refractivity contribution in [3.63, 3.8) is 0 Å². The predicted molar refractivity (Wildman–Crippen MR) is 122 cm³/mol. The average molecular weight is 510 g/mol. The first-order valence-corrected chi connectivity index (χ1v) is 11.0. The zero-order chi connectivity index (χ0) is 26.0. The van der Waals surface area contributed by atoms with Crippen LogP contribution in [0.5, 0.6) is 17.4 Å². The fourth-order valence-corrected chi connectivity index (χ4v) is 3.82. The van der Waals surface area contributed by atoms with E-state index in [0.717, 1.165) is 31.3 Å². The first-order chi connectivity index (χ1) is 17.0. The lowest BCUT2D eigenvalue weighted by Gasteiger charge is -2.30. The van der Waals surface area contributed by atoms with Crippen molar-refractivity contribution in [2.75, 3.05) is 31.1 Å². The van der Waals surface area contributed by atoms with Crippen molar-refractivity contribution in [3.8, 4) is 17.4 Å². The standard InChI is InChI=1S/C24H23F5N4O3/c1-14-3-4-16(11-17(14)24(27,28)29)36-22-18(25)9-15(10-19(22)26)13-35-20-12-21(32(2)23(34)31-20)33-7-5-30-6-8-33/h3-4,9-12,30H,5-8,13H2,1-2H3. The lowest BCUT2D eigenvalue weighted by Crippen LogP contribution is -2.45. The number of anilines is 1. The van der Waals surface area contributed by atoms with Gasteiger partial charge in [0.2, 0.25) is 5.88 Å². The summed E-state index contributed by atoms with van der Waals surface area (Å²) in [7, 11) is 1.59. The van der Waals surface area contributed by atoms with Crippen LogP contribution in [0.2, 0.25) is 0 Å². The maximum absolute atomic E-state index is 14.6. The van der Waals surface area contributed by atoms with Gasteiger partial charge < -0.3 is 19.7 Å². The van der Waals surface area contributed by atoms with Gasteiger partial charge in [0.25, 0.3) is 0 Å². The molecular formula is C24H23F5N4O3. The van der Waals surface area contributed by atoms with Crippen LogP contribution in [-0.4, -0.2) is 35.7 Å². The Morgan fingerprint density at radius 2 is 1.72 bits per heavy atom. The van der Waals surface area contributed by atoms with E-state index >= 15 is 0 Å². The van der Waals surface area contributed by atoms with Gasteiger partial charge in [-0.2, -0.15) is 18.2 Å². The molecule has 1 aromatic heterocycles. The van der Waals surface area contributed by atoms with E-state index in [4.69, 9.17) is 9.47 Å². The highest BCUT2D eigenvalue weighted by molar-refractivity contribution is 5.43. The Morgan fingerprint density at radius 1 is 1.06 bits per heavy atom. The van der Waals surface area contributed by atoms with Gasteiger partial charge in [0, 0.05) is 39.3 Å². The summed E-state index contributed by atoms with van der Waals surface area (Å²) in [5.41, 5.74) is -1.48. The molecule has 12 heteroatoms. The Hall–Kier alpha value is -3.67. The third-order valence-electron chi connectivity index (χ3n) is 5.71. The molecule has 0 spiro atoms. The third kappa shape index (κ3) is 5.59. The summed E-state index contributed by atoms with van der Waals surface area (Å²) in [6.07, 6.45) is -4.64. The minimum Gasteiger partial charge on any atom is -0.473 e. The van der Waals surface area contributed by atoms with E-state index in [1.807, 2.05) is 4.90 Å². The van der Waals surface area contributed by atoms with Crippen molar-refractivity contribution in [2.45, 2.75) is 19.7 Å². The molecule has 36 heavy (non-hydrogen) atoms. The Balaban J connectivity index is 1.51. The van der Waals surface area contributed by atoms with Crippen LogP contribution in [0.25, 0.3) is 0 Å². The second-order valence-corrected chi connectivity index (χ2v) is 8.29. The zero-order valence-corrected chi connectivity index (χ0v) is 19.5. The van der Waals surface area contributed by atoms with E-state index in [1.165, 1.54) is 17.6 Å². The van der Waals surface area contributed by atoms with Gasteiger partial charge in [-0.25, -0.2) is 13.6 Å². The van der Waals surface area contributed by atoms with Crippen LogP contribution in [0.4, 0.5) is 27.8 Å². The summed E-state index contributed by atoms with van der Waals surface area (Å²) >= 11 is 0. The fraction of sp³-hybridized carbons (Fsp3) is 0.333. The van der Waals surface area contributed by atoms with E-state index in [0.29, 0.717) is 25.0 Å². The minimum atomic E-state index is -4.64. The summed E-state index contributed by atoms with van der Waals surface area (Å²) in [4.78, 5) is 18.1. The molecule has 0 atom stereocenters. The molecule has 1 N–H and O–H groups in total. The van der Waals surface area contributed by atoms with Crippen molar-refractivity contribution < 1.29 is 31.4 Å². The van der Waals surface area contributed by atoms with Gasteiger partial charge in [0.05, 0.1) is 5.56 Å². The van der Waals surface area contributed by atoms with E-state index in [2.05, 4.69) is 10.3 Å². The van der Waals surface area contributed by atoms with E-state index in [1.54, 1.807) is 13.1 Å². The highest BCUT2D eigenvalue weighted by atomic mass is 19.4. The predicted octanol–water partition coefficient (Wildman–Crippen LogP) is 4.17. The molecule has 1 saturated heterocycles. The number of piperazine rings is 1. The van der Waals surface area contributed by atoms with Crippen LogP contribution in [0.15, 0.2) is 41.2 Å². The molecule has 0 aliphatic carbocycles. The van der Waals surface area contributed by atoms with E-state index in [-0.39, 0.29) is 29.4 Å².